The number of halogens is 1. The largest absolute Gasteiger partial charge is 0.296 e. The van der Waals surface area contributed by atoms with E-state index in [1.54, 1.807) is 49.4 Å². The second-order valence-electron chi connectivity index (χ2n) is 5.26. The second kappa shape index (κ2) is 7.40. The minimum Gasteiger partial charge on any atom is -0.296 e. The fourth-order valence-electron chi connectivity index (χ4n) is 2.02. The van der Waals surface area contributed by atoms with Gasteiger partial charge in [0.1, 0.15) is 0 Å². The van der Waals surface area contributed by atoms with Crippen LogP contribution in [0.4, 0.5) is 10.8 Å². The Labute approximate surface area is 159 Å². The van der Waals surface area contributed by atoms with E-state index < -0.39 is 15.9 Å². The van der Waals surface area contributed by atoms with Gasteiger partial charge < -0.3 is 0 Å². The number of amides is 1. The molecule has 10 heteroatoms. The molecule has 2 aromatic carbocycles. The van der Waals surface area contributed by atoms with Crippen LogP contribution in [0.15, 0.2) is 52.9 Å². The molecular weight excluding hydrogens is 396 g/mol. The van der Waals surface area contributed by atoms with Crippen LogP contribution in [0.5, 0.6) is 0 Å². The first-order valence-electron chi connectivity index (χ1n) is 7.34. The van der Waals surface area contributed by atoms with Crippen molar-refractivity contribution in [1.82, 2.24) is 10.2 Å². The number of hydrogen-bond donors (Lipinski definition) is 2. The van der Waals surface area contributed by atoms with Gasteiger partial charge in [0.05, 0.1) is 5.69 Å². The number of nitrogens with zero attached hydrogens (tertiary/aromatic N) is 2. The van der Waals surface area contributed by atoms with E-state index in [1.807, 2.05) is 0 Å². The van der Waals surface area contributed by atoms with E-state index in [2.05, 4.69) is 20.2 Å². The average molecular weight is 409 g/mol. The Bertz CT molecular complexity index is 1050. The number of benzene rings is 2. The highest BCUT2D eigenvalue weighted by atomic mass is 35.5. The number of carbonyl (C=O) groups excluding carboxylic acids is 1. The fourth-order valence-corrected chi connectivity index (χ4v) is 4.21. The summed E-state index contributed by atoms with van der Waals surface area (Å²) in [7, 11) is -3.95. The molecule has 3 rings (SSSR count). The number of anilines is 2. The summed E-state index contributed by atoms with van der Waals surface area (Å²) in [5.41, 5.74) is 1.49. The van der Waals surface area contributed by atoms with Gasteiger partial charge in [0.25, 0.3) is 20.3 Å². The molecule has 7 nitrogen and oxygen atoms in total. The van der Waals surface area contributed by atoms with Crippen LogP contribution in [-0.2, 0) is 10.0 Å². The first kappa shape index (κ1) is 18.3. The van der Waals surface area contributed by atoms with Crippen molar-refractivity contribution < 1.29 is 13.2 Å². The van der Waals surface area contributed by atoms with Gasteiger partial charge in [0.2, 0.25) is 5.13 Å². The Morgan fingerprint density at radius 2 is 1.85 bits per heavy atom. The number of hydrogen-bond acceptors (Lipinski definition) is 6. The van der Waals surface area contributed by atoms with Gasteiger partial charge in [-0.15, -0.1) is 10.2 Å². The summed E-state index contributed by atoms with van der Waals surface area (Å²) < 4.78 is 27.1. The summed E-state index contributed by atoms with van der Waals surface area (Å²) in [5, 5.41) is 10.4. The number of nitrogens with one attached hydrogen (secondary N) is 2. The third kappa shape index (κ3) is 4.18. The molecule has 1 heterocycles. The lowest BCUT2D eigenvalue weighted by molar-refractivity contribution is 0.102. The number of aryl methyl sites for hydroxylation is 1. The van der Waals surface area contributed by atoms with Crippen LogP contribution in [0.2, 0.25) is 5.02 Å². The molecule has 0 radical (unpaired) electrons. The lowest BCUT2D eigenvalue weighted by Gasteiger charge is -2.08. The standard InChI is InChI=1S/C16H13ClN4O3S2/c1-10-7-8-12(17)9-13(10)21-26(23,24)16-20-19-15(25-16)18-14(22)11-5-3-2-4-6-11/h2-9,21H,1H3,(H,18,19,22). The van der Waals surface area contributed by atoms with E-state index in [0.29, 0.717) is 21.8 Å². The van der Waals surface area contributed by atoms with Gasteiger partial charge in [-0.1, -0.05) is 47.2 Å². The van der Waals surface area contributed by atoms with Gasteiger partial charge in [0, 0.05) is 10.6 Å². The summed E-state index contributed by atoms with van der Waals surface area (Å²) in [5.74, 6) is -0.399. The van der Waals surface area contributed by atoms with E-state index >= 15 is 0 Å². The van der Waals surface area contributed by atoms with E-state index in [1.165, 1.54) is 6.07 Å². The first-order chi connectivity index (χ1) is 12.3. The zero-order valence-electron chi connectivity index (χ0n) is 13.4. The van der Waals surface area contributed by atoms with Crippen LogP contribution < -0.4 is 10.0 Å². The molecule has 0 spiro atoms. The van der Waals surface area contributed by atoms with E-state index in [9.17, 15) is 13.2 Å². The molecule has 0 bridgehead atoms. The summed E-state index contributed by atoms with van der Waals surface area (Å²) in [6.45, 7) is 1.75. The van der Waals surface area contributed by atoms with Crippen molar-refractivity contribution in [2.45, 2.75) is 11.3 Å². The highest BCUT2D eigenvalue weighted by molar-refractivity contribution is 7.94. The van der Waals surface area contributed by atoms with Gasteiger partial charge >= 0.3 is 0 Å². The van der Waals surface area contributed by atoms with Crippen LogP contribution in [0.25, 0.3) is 0 Å². The lowest BCUT2D eigenvalue weighted by atomic mass is 10.2. The van der Waals surface area contributed by atoms with Gasteiger partial charge in [-0.25, -0.2) is 0 Å². The molecular formula is C16H13ClN4O3S2. The molecule has 0 saturated heterocycles. The third-order valence-electron chi connectivity index (χ3n) is 3.34. The maximum absolute atomic E-state index is 12.5. The average Bonchev–Trinajstić information content (AvgIpc) is 3.08. The van der Waals surface area contributed by atoms with Crippen LogP contribution in [0, 0.1) is 6.92 Å². The SMILES string of the molecule is Cc1ccc(Cl)cc1NS(=O)(=O)c1nnc(NC(=O)c2ccccc2)s1. The number of sulfonamides is 1. The van der Waals surface area contributed by atoms with Gasteiger partial charge in [-0.3, -0.25) is 14.8 Å². The molecule has 0 aliphatic carbocycles. The Balaban J connectivity index is 1.78. The Kier molecular flexibility index (Phi) is 5.21. The monoisotopic (exact) mass is 408 g/mol. The minimum atomic E-state index is -3.95. The molecule has 0 atom stereocenters. The van der Waals surface area contributed by atoms with Crippen molar-refractivity contribution in [2.24, 2.45) is 0 Å². The molecule has 1 aromatic heterocycles. The molecule has 1 amide bonds. The van der Waals surface area contributed by atoms with Crippen molar-refractivity contribution in [1.29, 1.82) is 0 Å². The lowest BCUT2D eigenvalue weighted by Crippen LogP contribution is -2.13. The maximum Gasteiger partial charge on any atom is 0.291 e. The van der Waals surface area contributed by atoms with Crippen molar-refractivity contribution in [3.63, 3.8) is 0 Å². The predicted octanol–water partition coefficient (Wildman–Crippen LogP) is 3.55. The molecule has 134 valence electrons. The van der Waals surface area contributed by atoms with Crippen LogP contribution >= 0.6 is 22.9 Å². The second-order valence-corrected chi connectivity index (χ2v) is 8.53. The van der Waals surface area contributed by atoms with Crippen LogP contribution in [0.1, 0.15) is 15.9 Å². The molecule has 0 unspecified atom stereocenters. The normalized spacial score (nSPS) is 11.2. The summed E-state index contributed by atoms with van der Waals surface area (Å²) in [6, 6.07) is 13.4. The molecule has 2 N–H and O–H groups in total. The number of carbonyl (C=O) groups is 1. The summed E-state index contributed by atoms with van der Waals surface area (Å²) in [6.07, 6.45) is 0. The van der Waals surface area contributed by atoms with Crippen LogP contribution in [0.3, 0.4) is 0 Å². The van der Waals surface area contributed by atoms with Gasteiger partial charge in [-0.05, 0) is 36.8 Å². The molecule has 3 aromatic rings. The van der Waals surface area contributed by atoms with E-state index in [0.717, 1.165) is 11.3 Å². The first-order valence-corrected chi connectivity index (χ1v) is 10.0. The summed E-state index contributed by atoms with van der Waals surface area (Å²) >= 11 is 6.66. The molecule has 0 fully saturated rings. The van der Waals surface area contributed by atoms with Crippen molar-refractivity contribution >= 4 is 49.7 Å². The Hall–Kier alpha value is -2.49. The highest BCUT2D eigenvalue weighted by Crippen LogP contribution is 2.26. The molecule has 0 saturated carbocycles. The van der Waals surface area contributed by atoms with Gasteiger partial charge in [0.15, 0.2) is 0 Å². The topological polar surface area (TPSA) is 101 Å². The van der Waals surface area contributed by atoms with E-state index in [4.69, 9.17) is 11.6 Å². The number of aromatic nitrogens is 2. The smallest absolute Gasteiger partial charge is 0.291 e. The minimum absolute atomic E-state index is 0.0852. The predicted molar refractivity (Wildman–Crippen MR) is 101 cm³/mol. The fraction of sp³-hybridized carbons (Fsp3) is 0.0625. The zero-order chi connectivity index (χ0) is 18.7. The molecule has 0 aliphatic rings. The maximum atomic E-state index is 12.5. The Morgan fingerprint density at radius 1 is 1.12 bits per heavy atom. The van der Waals surface area contributed by atoms with Gasteiger partial charge in [-0.2, -0.15) is 8.42 Å². The Morgan fingerprint density at radius 3 is 2.58 bits per heavy atom. The van der Waals surface area contributed by atoms with Crippen molar-refractivity contribution in [3.8, 4) is 0 Å². The summed E-state index contributed by atoms with van der Waals surface area (Å²) in [4.78, 5) is 12.1. The zero-order valence-corrected chi connectivity index (χ0v) is 15.8. The van der Waals surface area contributed by atoms with Crippen molar-refractivity contribution in [2.75, 3.05) is 10.0 Å². The van der Waals surface area contributed by atoms with Crippen LogP contribution in [-0.4, -0.2) is 24.5 Å². The van der Waals surface area contributed by atoms with E-state index in [-0.39, 0.29) is 9.47 Å². The highest BCUT2D eigenvalue weighted by Gasteiger charge is 2.22. The molecule has 0 aliphatic heterocycles. The number of rotatable bonds is 5. The third-order valence-corrected chi connectivity index (χ3v) is 6.14. The molecule has 26 heavy (non-hydrogen) atoms. The van der Waals surface area contributed by atoms with Crippen molar-refractivity contribution in [3.05, 3.63) is 64.7 Å². The quantitative estimate of drug-likeness (QED) is 0.628.